The van der Waals surface area contributed by atoms with E-state index in [1.54, 1.807) is 0 Å². The standard InChI is InChI=1S/C23H24N2O/c1-25(17-20-12-6-3-7-13-20)18-23(26)24-22-15-9-8-14-21(22)16-19-10-4-2-5-11-19/h2-15H,16-18H2,1H3,(H,24,26). The third-order valence-corrected chi connectivity index (χ3v) is 4.24. The fourth-order valence-corrected chi connectivity index (χ4v) is 3.00. The van der Waals surface area contributed by atoms with Gasteiger partial charge in [-0.25, -0.2) is 0 Å². The molecule has 132 valence electrons. The molecule has 3 aromatic rings. The maximum Gasteiger partial charge on any atom is 0.238 e. The van der Waals surface area contributed by atoms with Gasteiger partial charge in [0.25, 0.3) is 0 Å². The predicted molar refractivity (Wildman–Crippen MR) is 107 cm³/mol. The molecule has 0 aliphatic heterocycles. The average Bonchev–Trinajstić information content (AvgIpc) is 2.65. The van der Waals surface area contributed by atoms with E-state index in [4.69, 9.17) is 0 Å². The minimum atomic E-state index is 0.00365. The van der Waals surface area contributed by atoms with Crippen molar-refractivity contribution >= 4 is 11.6 Å². The van der Waals surface area contributed by atoms with Gasteiger partial charge in [0.1, 0.15) is 0 Å². The van der Waals surface area contributed by atoms with Gasteiger partial charge in [-0.05, 0) is 36.2 Å². The van der Waals surface area contributed by atoms with Crippen LogP contribution >= 0.6 is 0 Å². The van der Waals surface area contributed by atoms with Gasteiger partial charge < -0.3 is 5.32 Å². The van der Waals surface area contributed by atoms with Crippen LogP contribution in [0.5, 0.6) is 0 Å². The minimum Gasteiger partial charge on any atom is -0.325 e. The number of nitrogens with zero attached hydrogens (tertiary/aromatic N) is 1. The third-order valence-electron chi connectivity index (χ3n) is 4.24. The van der Waals surface area contributed by atoms with Crippen molar-refractivity contribution in [1.82, 2.24) is 4.90 Å². The summed E-state index contributed by atoms with van der Waals surface area (Å²) in [5.74, 6) is 0.00365. The average molecular weight is 344 g/mol. The Labute approximate surface area is 155 Å². The first-order valence-electron chi connectivity index (χ1n) is 8.85. The smallest absolute Gasteiger partial charge is 0.238 e. The molecule has 0 aliphatic rings. The molecule has 0 saturated heterocycles. The van der Waals surface area contributed by atoms with Crippen molar-refractivity contribution in [1.29, 1.82) is 0 Å². The first-order valence-corrected chi connectivity index (χ1v) is 8.85. The van der Waals surface area contributed by atoms with Gasteiger partial charge in [0, 0.05) is 12.2 Å². The Balaban J connectivity index is 1.60. The lowest BCUT2D eigenvalue weighted by Crippen LogP contribution is -2.30. The lowest BCUT2D eigenvalue weighted by atomic mass is 10.0. The maximum atomic E-state index is 12.5. The fraction of sp³-hybridized carbons (Fsp3) is 0.174. The van der Waals surface area contributed by atoms with Crippen LogP contribution < -0.4 is 5.32 Å². The first kappa shape index (κ1) is 17.9. The number of hydrogen-bond acceptors (Lipinski definition) is 2. The highest BCUT2D eigenvalue weighted by atomic mass is 16.2. The lowest BCUT2D eigenvalue weighted by Gasteiger charge is -2.17. The van der Waals surface area contributed by atoms with Crippen LogP contribution in [0.4, 0.5) is 5.69 Å². The number of likely N-dealkylation sites (N-methyl/N-ethyl adjacent to an activating group) is 1. The third kappa shape index (κ3) is 5.30. The van der Waals surface area contributed by atoms with Gasteiger partial charge >= 0.3 is 0 Å². The number of anilines is 1. The van der Waals surface area contributed by atoms with Crippen molar-refractivity contribution < 1.29 is 4.79 Å². The predicted octanol–water partition coefficient (Wildman–Crippen LogP) is 4.35. The summed E-state index contributed by atoms with van der Waals surface area (Å²) in [7, 11) is 1.96. The zero-order valence-corrected chi connectivity index (χ0v) is 15.1. The van der Waals surface area contributed by atoms with Gasteiger partial charge in [-0.15, -0.1) is 0 Å². The number of hydrogen-bond donors (Lipinski definition) is 1. The van der Waals surface area contributed by atoms with Crippen LogP contribution in [0.15, 0.2) is 84.9 Å². The Hall–Kier alpha value is -2.91. The molecule has 0 fully saturated rings. The van der Waals surface area contributed by atoms with E-state index in [1.807, 2.05) is 66.5 Å². The number of amides is 1. The summed E-state index contributed by atoms with van der Waals surface area (Å²) in [6.45, 7) is 1.11. The number of para-hydroxylation sites is 1. The zero-order valence-electron chi connectivity index (χ0n) is 15.1. The maximum absolute atomic E-state index is 12.5. The van der Waals surface area contributed by atoms with Crippen molar-refractivity contribution in [3.63, 3.8) is 0 Å². The first-order chi connectivity index (χ1) is 12.7. The summed E-state index contributed by atoms with van der Waals surface area (Å²) in [5, 5.41) is 3.07. The van der Waals surface area contributed by atoms with E-state index in [1.165, 1.54) is 11.1 Å². The van der Waals surface area contributed by atoms with E-state index in [0.717, 1.165) is 24.2 Å². The summed E-state index contributed by atoms with van der Waals surface area (Å²) in [4.78, 5) is 14.5. The van der Waals surface area contributed by atoms with Gasteiger partial charge in [-0.2, -0.15) is 0 Å². The Morgan fingerprint density at radius 2 is 1.38 bits per heavy atom. The summed E-state index contributed by atoms with van der Waals surface area (Å²) in [6, 6.07) is 28.5. The van der Waals surface area contributed by atoms with Gasteiger partial charge in [0.05, 0.1) is 6.54 Å². The largest absolute Gasteiger partial charge is 0.325 e. The molecule has 0 bridgehead atoms. The number of nitrogens with one attached hydrogen (secondary N) is 1. The van der Waals surface area contributed by atoms with Gasteiger partial charge in [-0.3, -0.25) is 9.69 Å². The van der Waals surface area contributed by atoms with E-state index in [2.05, 4.69) is 35.6 Å². The SMILES string of the molecule is CN(CC(=O)Nc1ccccc1Cc1ccccc1)Cc1ccccc1. The number of carbonyl (C=O) groups excluding carboxylic acids is 1. The van der Waals surface area contributed by atoms with Gasteiger partial charge in [0.15, 0.2) is 0 Å². The second-order valence-corrected chi connectivity index (χ2v) is 6.53. The monoisotopic (exact) mass is 344 g/mol. The normalized spacial score (nSPS) is 10.7. The Morgan fingerprint density at radius 1 is 0.808 bits per heavy atom. The molecule has 0 spiro atoms. The molecule has 0 radical (unpaired) electrons. The van der Waals surface area contributed by atoms with Crippen LogP contribution in [0.2, 0.25) is 0 Å². The molecular weight excluding hydrogens is 320 g/mol. The van der Waals surface area contributed by atoms with E-state index < -0.39 is 0 Å². The molecule has 3 aromatic carbocycles. The lowest BCUT2D eigenvalue weighted by molar-refractivity contribution is -0.117. The fourth-order valence-electron chi connectivity index (χ4n) is 3.00. The van der Waals surface area contributed by atoms with Crippen molar-refractivity contribution in [2.45, 2.75) is 13.0 Å². The minimum absolute atomic E-state index is 0.00365. The Morgan fingerprint density at radius 3 is 2.08 bits per heavy atom. The molecule has 26 heavy (non-hydrogen) atoms. The van der Waals surface area contributed by atoms with Crippen LogP contribution in [0.25, 0.3) is 0 Å². The summed E-state index contributed by atoms with van der Waals surface area (Å²) >= 11 is 0. The Kier molecular flexibility index (Phi) is 6.18. The molecule has 0 saturated carbocycles. The molecule has 0 aliphatic carbocycles. The van der Waals surface area contributed by atoms with E-state index in [-0.39, 0.29) is 5.91 Å². The van der Waals surface area contributed by atoms with Gasteiger partial charge in [0.2, 0.25) is 5.91 Å². The number of benzene rings is 3. The molecular formula is C23H24N2O. The summed E-state index contributed by atoms with van der Waals surface area (Å²) < 4.78 is 0. The molecule has 3 nitrogen and oxygen atoms in total. The van der Waals surface area contributed by atoms with Crippen LogP contribution in [0.1, 0.15) is 16.7 Å². The second-order valence-electron chi connectivity index (χ2n) is 6.53. The van der Waals surface area contributed by atoms with Crippen molar-refractivity contribution in [2.24, 2.45) is 0 Å². The van der Waals surface area contributed by atoms with Crippen molar-refractivity contribution in [3.05, 3.63) is 102 Å². The molecule has 1 N–H and O–H groups in total. The van der Waals surface area contributed by atoms with Gasteiger partial charge in [-0.1, -0.05) is 78.9 Å². The molecule has 0 heterocycles. The molecule has 1 amide bonds. The highest BCUT2D eigenvalue weighted by Gasteiger charge is 2.10. The highest BCUT2D eigenvalue weighted by molar-refractivity contribution is 5.93. The van der Waals surface area contributed by atoms with Crippen molar-refractivity contribution in [2.75, 3.05) is 18.9 Å². The summed E-state index contributed by atoms with van der Waals surface area (Å²) in [6.07, 6.45) is 0.803. The molecule has 0 atom stereocenters. The molecule has 0 unspecified atom stereocenters. The topological polar surface area (TPSA) is 32.3 Å². The zero-order chi connectivity index (χ0) is 18.2. The Bertz CT molecular complexity index is 831. The van der Waals surface area contributed by atoms with Crippen LogP contribution in [-0.4, -0.2) is 24.4 Å². The van der Waals surface area contributed by atoms with Crippen molar-refractivity contribution in [3.8, 4) is 0 Å². The number of rotatable bonds is 7. The van der Waals surface area contributed by atoms with E-state index in [0.29, 0.717) is 6.54 Å². The molecule has 3 heteroatoms. The van der Waals surface area contributed by atoms with E-state index in [9.17, 15) is 4.79 Å². The van der Waals surface area contributed by atoms with Crippen LogP contribution in [0.3, 0.4) is 0 Å². The van der Waals surface area contributed by atoms with E-state index >= 15 is 0 Å². The number of carbonyl (C=O) groups is 1. The van der Waals surface area contributed by atoms with Crippen LogP contribution in [0, 0.1) is 0 Å². The summed E-state index contributed by atoms with van der Waals surface area (Å²) in [5.41, 5.74) is 4.44. The highest BCUT2D eigenvalue weighted by Crippen LogP contribution is 2.19. The van der Waals surface area contributed by atoms with Crippen LogP contribution in [-0.2, 0) is 17.8 Å². The quantitative estimate of drug-likeness (QED) is 0.691. The molecule has 0 aromatic heterocycles. The molecule has 3 rings (SSSR count). The second kappa shape index (κ2) is 8.97.